The fraction of sp³-hybridized carbons (Fsp3) is 0.500. The van der Waals surface area contributed by atoms with Gasteiger partial charge >= 0.3 is 6.01 Å². The van der Waals surface area contributed by atoms with Crippen molar-refractivity contribution in [1.29, 1.82) is 0 Å². The molecule has 0 spiro atoms. The number of alkyl halides is 2. The number of fused-ring (bicyclic) bond motifs is 3. The van der Waals surface area contributed by atoms with E-state index in [4.69, 9.17) is 21.3 Å². The number of aryl methyl sites for hydroxylation is 1. The van der Waals surface area contributed by atoms with Crippen molar-refractivity contribution in [1.82, 2.24) is 19.9 Å². The second-order valence-corrected chi connectivity index (χ2v) is 13.8. The number of ether oxygens (including phenoxy) is 1. The van der Waals surface area contributed by atoms with Crippen LogP contribution < -0.4 is 9.64 Å². The van der Waals surface area contributed by atoms with Crippen molar-refractivity contribution in [3.05, 3.63) is 47.7 Å². The van der Waals surface area contributed by atoms with E-state index in [1.165, 1.54) is 24.4 Å². The van der Waals surface area contributed by atoms with Crippen LogP contribution >= 0.6 is 11.6 Å². The lowest BCUT2D eigenvalue weighted by atomic mass is 9.93. The summed E-state index contributed by atoms with van der Waals surface area (Å²) in [4.78, 5) is 17.2. The van der Waals surface area contributed by atoms with Crippen LogP contribution in [0, 0.1) is 11.6 Å². The Morgan fingerprint density at radius 2 is 1.96 bits per heavy atom. The summed E-state index contributed by atoms with van der Waals surface area (Å²) in [7, 11) is 0. The van der Waals surface area contributed by atoms with Crippen molar-refractivity contribution in [2.75, 3.05) is 44.3 Å². The lowest BCUT2D eigenvalue weighted by molar-refractivity contribution is 0.107. The monoisotopic (exact) mass is 655 g/mol. The Hall–Kier alpha value is -3.41. The molecule has 0 amide bonds. The van der Waals surface area contributed by atoms with Crippen LogP contribution in [-0.2, 0) is 6.42 Å². The van der Waals surface area contributed by atoms with Gasteiger partial charge in [-0.1, -0.05) is 13.0 Å². The van der Waals surface area contributed by atoms with E-state index in [-0.39, 0.29) is 41.7 Å². The smallest absolute Gasteiger partial charge is 0.319 e. The molecule has 12 heteroatoms. The summed E-state index contributed by atoms with van der Waals surface area (Å²) in [5, 5.41) is 21.6. The van der Waals surface area contributed by atoms with Gasteiger partial charge in [0.1, 0.15) is 41.4 Å². The molecule has 3 saturated heterocycles. The zero-order chi connectivity index (χ0) is 32.2. The first-order valence-corrected chi connectivity index (χ1v) is 16.4. The van der Waals surface area contributed by atoms with E-state index in [0.29, 0.717) is 72.9 Å². The second-order valence-electron chi connectivity index (χ2n) is 13.0. The lowest BCUT2D eigenvalue weighted by Crippen LogP contribution is -2.45. The topological polar surface area (TPSA) is 94.8 Å². The average molecular weight is 656 g/mol. The van der Waals surface area contributed by atoms with E-state index >= 15 is 4.39 Å². The molecule has 8 nitrogen and oxygen atoms in total. The highest BCUT2D eigenvalue weighted by Gasteiger charge is 2.49. The van der Waals surface area contributed by atoms with Crippen LogP contribution in [-0.4, -0.2) is 86.0 Å². The van der Waals surface area contributed by atoms with Gasteiger partial charge in [-0.25, -0.2) is 13.2 Å². The third-order valence-corrected chi connectivity index (χ3v) is 10.5. The molecule has 3 fully saturated rings. The minimum atomic E-state index is -0.935. The summed E-state index contributed by atoms with van der Waals surface area (Å²) in [5.41, 5.74) is 0.0406. The van der Waals surface area contributed by atoms with E-state index in [2.05, 4.69) is 14.9 Å². The van der Waals surface area contributed by atoms with Gasteiger partial charge in [-0.3, -0.25) is 9.88 Å². The van der Waals surface area contributed by atoms with Crippen LogP contribution in [0.2, 0.25) is 0 Å². The van der Waals surface area contributed by atoms with Gasteiger partial charge in [0.15, 0.2) is 5.82 Å². The summed E-state index contributed by atoms with van der Waals surface area (Å²) in [6.07, 6.45) is 4.82. The van der Waals surface area contributed by atoms with E-state index in [1.54, 1.807) is 6.07 Å². The molecule has 0 saturated carbocycles. The number of phenols is 1. The third-order valence-electron chi connectivity index (χ3n) is 10.0. The van der Waals surface area contributed by atoms with Gasteiger partial charge in [-0.15, -0.1) is 11.6 Å². The first-order valence-electron chi connectivity index (χ1n) is 16.0. The van der Waals surface area contributed by atoms with Gasteiger partial charge in [-0.05, 0) is 79.6 Å². The van der Waals surface area contributed by atoms with E-state index in [9.17, 15) is 19.0 Å². The first kappa shape index (κ1) is 31.2. The predicted molar refractivity (Wildman–Crippen MR) is 172 cm³/mol. The first-order chi connectivity index (χ1) is 22.1. The predicted octanol–water partition coefficient (Wildman–Crippen LogP) is 6.31. The molecule has 7 rings (SSSR count). The summed E-state index contributed by atoms with van der Waals surface area (Å²) >= 11 is 6.92. The van der Waals surface area contributed by atoms with Gasteiger partial charge in [-0.2, -0.15) is 9.97 Å². The SMILES string of the molecule is CCc1c(F)ccc2cc(O)cc(-c3ncc4c(N5CCCC(Cl)(CCO)C5)nc(OCC56CCCN5C[C@H](F)C6)nc4c3F)c12. The summed E-state index contributed by atoms with van der Waals surface area (Å²) < 4.78 is 52.5. The molecule has 3 atom stereocenters. The average Bonchev–Trinajstić information content (AvgIpc) is 3.55. The summed E-state index contributed by atoms with van der Waals surface area (Å²) in [6.45, 7) is 4.03. The van der Waals surface area contributed by atoms with Crippen molar-refractivity contribution >= 4 is 39.1 Å². The molecular formula is C34H37ClF3N5O3. The van der Waals surface area contributed by atoms with E-state index in [0.717, 1.165) is 25.8 Å². The number of piperidine rings is 1. The molecule has 2 N–H and O–H groups in total. The number of rotatable bonds is 8. The Kier molecular flexibility index (Phi) is 8.13. The highest BCUT2D eigenvalue weighted by atomic mass is 35.5. The number of aliphatic hydroxyl groups is 1. The Morgan fingerprint density at radius 1 is 1.13 bits per heavy atom. The van der Waals surface area contributed by atoms with Crippen molar-refractivity contribution in [3.63, 3.8) is 0 Å². The number of aliphatic hydroxyl groups excluding tert-OH is 1. The quantitative estimate of drug-likeness (QED) is 0.214. The zero-order valence-electron chi connectivity index (χ0n) is 25.7. The number of nitrogens with zero attached hydrogens (tertiary/aromatic N) is 5. The van der Waals surface area contributed by atoms with Crippen LogP contribution in [0.5, 0.6) is 11.8 Å². The fourth-order valence-electron chi connectivity index (χ4n) is 7.87. The number of phenolic OH excluding ortho intramolecular Hbond substituents is 1. The van der Waals surface area contributed by atoms with Crippen molar-refractivity contribution in [2.24, 2.45) is 0 Å². The molecule has 3 aliphatic rings. The largest absolute Gasteiger partial charge is 0.508 e. The molecule has 0 aliphatic carbocycles. The fourth-order valence-corrected chi connectivity index (χ4v) is 8.23. The number of anilines is 1. The minimum Gasteiger partial charge on any atom is -0.508 e. The van der Waals surface area contributed by atoms with Crippen LogP contribution in [0.3, 0.4) is 0 Å². The van der Waals surface area contributed by atoms with Crippen molar-refractivity contribution < 1.29 is 28.1 Å². The van der Waals surface area contributed by atoms with Gasteiger partial charge in [0.2, 0.25) is 0 Å². The second kappa shape index (κ2) is 12.0. The van der Waals surface area contributed by atoms with Gasteiger partial charge in [0, 0.05) is 44.4 Å². The maximum Gasteiger partial charge on any atom is 0.319 e. The number of benzene rings is 2. The number of aromatic hydroxyl groups is 1. The molecule has 0 bridgehead atoms. The highest BCUT2D eigenvalue weighted by Crippen LogP contribution is 2.42. The minimum absolute atomic E-state index is 0.0422. The van der Waals surface area contributed by atoms with Crippen molar-refractivity contribution in [3.8, 4) is 23.0 Å². The summed E-state index contributed by atoms with van der Waals surface area (Å²) in [6, 6.07) is 5.75. The number of halogens is 4. The van der Waals surface area contributed by atoms with Gasteiger partial charge < -0.3 is 19.8 Å². The molecule has 2 aromatic heterocycles. The Labute approximate surface area is 270 Å². The molecule has 244 valence electrons. The Bertz CT molecular complexity index is 1810. The summed E-state index contributed by atoms with van der Waals surface area (Å²) in [5.74, 6) is -0.899. The van der Waals surface area contributed by atoms with Crippen LogP contribution in [0.1, 0.15) is 51.0 Å². The number of aromatic nitrogens is 3. The third kappa shape index (κ3) is 5.40. The van der Waals surface area contributed by atoms with Crippen LogP contribution in [0.4, 0.5) is 19.0 Å². The Morgan fingerprint density at radius 3 is 2.76 bits per heavy atom. The number of hydrogen-bond donors (Lipinski definition) is 2. The standard InChI is InChI=1S/C34H37ClF3N5O3/c1-2-23-26(37)6-5-20-13-22(45)14-24(27(20)23)29-28(38)30-25(16-39-29)31(42-10-3-7-33(35,18-42)9-12-44)41-32(40-30)46-19-34-8-4-11-43(34)17-21(36)15-34/h5-6,13-14,16,21,44-45H,2-4,7-12,15,17-19H2,1H3/t21-,33?,34?/m1/s1. The highest BCUT2D eigenvalue weighted by molar-refractivity contribution is 6.24. The molecule has 46 heavy (non-hydrogen) atoms. The maximum absolute atomic E-state index is 16.8. The van der Waals surface area contributed by atoms with E-state index < -0.39 is 28.2 Å². The number of pyridine rings is 1. The van der Waals surface area contributed by atoms with Crippen LogP contribution in [0.15, 0.2) is 30.5 Å². The molecule has 3 aliphatic heterocycles. The number of hydrogen-bond acceptors (Lipinski definition) is 8. The Balaban J connectivity index is 1.37. The van der Waals surface area contributed by atoms with Gasteiger partial charge in [0.25, 0.3) is 0 Å². The zero-order valence-corrected chi connectivity index (χ0v) is 26.5. The molecular weight excluding hydrogens is 619 g/mol. The molecule has 2 aromatic carbocycles. The van der Waals surface area contributed by atoms with Crippen LogP contribution in [0.25, 0.3) is 32.9 Å². The molecule has 4 aromatic rings. The van der Waals surface area contributed by atoms with Crippen molar-refractivity contribution in [2.45, 2.75) is 68.5 Å². The maximum atomic E-state index is 16.8. The van der Waals surface area contributed by atoms with E-state index in [1.807, 2.05) is 11.8 Å². The lowest BCUT2D eigenvalue weighted by Gasteiger charge is -2.39. The molecule has 0 radical (unpaired) electrons. The molecule has 2 unspecified atom stereocenters. The normalized spacial score (nSPS) is 25.1. The molecule has 5 heterocycles. The van der Waals surface area contributed by atoms with Gasteiger partial charge in [0.05, 0.1) is 15.8 Å².